The molecule has 1 N–H and O–H groups in total. The number of hydrogen-bond acceptors (Lipinski definition) is 3. The largest absolute Gasteiger partial charge is 0.406 e. The monoisotopic (exact) mass is 407 g/mol. The first-order chi connectivity index (χ1) is 12.4. The minimum absolute atomic E-state index is 0. The van der Waals surface area contributed by atoms with Gasteiger partial charge in [0.1, 0.15) is 6.54 Å². The van der Waals surface area contributed by atoms with Crippen LogP contribution in [-0.2, 0) is 11.3 Å². The average molecular weight is 408 g/mol. The van der Waals surface area contributed by atoms with Crippen molar-refractivity contribution in [2.24, 2.45) is 5.92 Å². The summed E-state index contributed by atoms with van der Waals surface area (Å²) in [5.41, 5.74) is 0.705. The number of halogens is 4. The number of rotatable bonds is 8. The van der Waals surface area contributed by atoms with Crippen molar-refractivity contribution < 1.29 is 18.0 Å². The van der Waals surface area contributed by atoms with E-state index in [-0.39, 0.29) is 25.5 Å². The molecule has 154 valence electrons. The number of carbonyl (C=O) groups is 1. The maximum atomic E-state index is 12.9. The lowest BCUT2D eigenvalue weighted by Gasteiger charge is -2.33. The number of nitrogens with zero attached hydrogens (tertiary/aromatic N) is 2. The fourth-order valence-corrected chi connectivity index (χ4v) is 3.33. The summed E-state index contributed by atoms with van der Waals surface area (Å²) in [5.74, 6) is 0.171. The maximum Gasteiger partial charge on any atom is 0.406 e. The third-order valence-corrected chi connectivity index (χ3v) is 4.81. The molecule has 1 heterocycles. The van der Waals surface area contributed by atoms with Crippen molar-refractivity contribution in [3.05, 3.63) is 35.9 Å². The van der Waals surface area contributed by atoms with Gasteiger partial charge in [0.25, 0.3) is 0 Å². The highest BCUT2D eigenvalue weighted by molar-refractivity contribution is 5.85. The summed E-state index contributed by atoms with van der Waals surface area (Å²) in [7, 11) is 1.93. The molecule has 1 aromatic carbocycles. The molecule has 1 saturated heterocycles. The van der Waals surface area contributed by atoms with Crippen molar-refractivity contribution in [1.29, 1.82) is 0 Å². The van der Waals surface area contributed by atoms with Crippen LogP contribution in [0.2, 0.25) is 0 Å². The van der Waals surface area contributed by atoms with Crippen molar-refractivity contribution >= 4 is 18.3 Å². The van der Waals surface area contributed by atoms with E-state index < -0.39 is 18.6 Å². The number of piperidine rings is 1. The van der Waals surface area contributed by atoms with Gasteiger partial charge in [0.2, 0.25) is 5.91 Å². The number of benzene rings is 1. The van der Waals surface area contributed by atoms with Gasteiger partial charge in [0, 0.05) is 6.54 Å². The summed E-state index contributed by atoms with van der Waals surface area (Å²) in [5, 5.41) is 3.14. The molecule has 0 spiro atoms. The number of nitrogens with one attached hydrogen (secondary N) is 1. The molecule has 1 fully saturated rings. The summed E-state index contributed by atoms with van der Waals surface area (Å²) in [6, 6.07) is 8.81. The Bertz CT molecular complexity index is 549. The van der Waals surface area contributed by atoms with Crippen molar-refractivity contribution in [3.8, 4) is 0 Å². The Morgan fingerprint density at radius 1 is 1.22 bits per heavy atom. The lowest BCUT2D eigenvalue weighted by Crippen LogP contribution is -2.46. The van der Waals surface area contributed by atoms with Gasteiger partial charge in [-0.2, -0.15) is 13.2 Å². The number of carbonyl (C=O) groups excluding carboxylic acids is 1. The second kappa shape index (κ2) is 11.5. The number of hydrogen-bond donors (Lipinski definition) is 1. The van der Waals surface area contributed by atoms with Crippen LogP contribution in [0.4, 0.5) is 13.2 Å². The zero-order valence-electron chi connectivity index (χ0n) is 15.7. The van der Waals surface area contributed by atoms with Crippen LogP contribution in [0.1, 0.15) is 24.8 Å². The first kappa shape index (κ1) is 23.7. The third-order valence-electron chi connectivity index (χ3n) is 4.81. The van der Waals surface area contributed by atoms with E-state index in [4.69, 9.17) is 0 Å². The number of likely N-dealkylation sites (tertiary alicyclic amines) is 1. The topological polar surface area (TPSA) is 35.6 Å². The predicted octanol–water partition coefficient (Wildman–Crippen LogP) is 3.32. The molecule has 1 aliphatic heterocycles. The van der Waals surface area contributed by atoms with Crippen LogP contribution in [0, 0.1) is 5.92 Å². The molecule has 0 bridgehead atoms. The van der Waals surface area contributed by atoms with Crippen LogP contribution >= 0.6 is 12.4 Å². The number of amides is 1. The van der Waals surface area contributed by atoms with Crippen molar-refractivity contribution in [2.75, 3.05) is 39.8 Å². The summed E-state index contributed by atoms with van der Waals surface area (Å²) < 4.78 is 38.7. The second-order valence-corrected chi connectivity index (χ2v) is 6.96. The highest BCUT2D eigenvalue weighted by atomic mass is 35.5. The van der Waals surface area contributed by atoms with Gasteiger partial charge in [-0.1, -0.05) is 30.3 Å². The fourth-order valence-electron chi connectivity index (χ4n) is 3.33. The average Bonchev–Trinajstić information content (AvgIpc) is 2.60. The standard InChI is InChI=1S/C19H28F3N3O.ClH/c1-23-10-7-16-8-11-24(12-9-16)14-18(26)25(15-19(20,21)22)13-17-5-3-2-4-6-17;/h2-6,16,23H,7-15H2,1H3;1H. The summed E-state index contributed by atoms with van der Waals surface area (Å²) in [6.07, 6.45) is -1.31. The van der Waals surface area contributed by atoms with Crippen LogP contribution in [0.5, 0.6) is 0 Å². The van der Waals surface area contributed by atoms with E-state index in [1.165, 1.54) is 0 Å². The summed E-state index contributed by atoms with van der Waals surface area (Å²) in [6.45, 7) is 1.34. The molecular formula is C19H29ClF3N3O. The lowest BCUT2D eigenvalue weighted by molar-refractivity contribution is -0.163. The van der Waals surface area contributed by atoms with Gasteiger partial charge in [0.15, 0.2) is 0 Å². The fraction of sp³-hybridized carbons (Fsp3) is 0.632. The molecule has 8 heteroatoms. The molecule has 0 unspecified atom stereocenters. The maximum absolute atomic E-state index is 12.9. The van der Waals surface area contributed by atoms with Crippen molar-refractivity contribution in [1.82, 2.24) is 15.1 Å². The smallest absolute Gasteiger partial charge is 0.328 e. The molecule has 0 atom stereocenters. The highest BCUT2D eigenvalue weighted by Crippen LogP contribution is 2.21. The Balaban J connectivity index is 0.00000364. The molecular weight excluding hydrogens is 379 g/mol. The molecule has 0 aliphatic carbocycles. The molecule has 2 rings (SSSR count). The van der Waals surface area contributed by atoms with Crippen molar-refractivity contribution in [3.63, 3.8) is 0 Å². The molecule has 0 saturated carbocycles. The molecule has 1 aliphatic rings. The summed E-state index contributed by atoms with van der Waals surface area (Å²) >= 11 is 0. The molecule has 0 radical (unpaired) electrons. The van der Waals surface area contributed by atoms with Gasteiger partial charge in [-0.3, -0.25) is 9.69 Å². The van der Waals surface area contributed by atoms with E-state index in [9.17, 15) is 18.0 Å². The van der Waals surface area contributed by atoms with E-state index in [1.54, 1.807) is 30.3 Å². The number of alkyl halides is 3. The van der Waals surface area contributed by atoms with Gasteiger partial charge in [-0.05, 0) is 57.4 Å². The molecule has 0 aromatic heterocycles. The second-order valence-electron chi connectivity index (χ2n) is 6.96. The Kier molecular flexibility index (Phi) is 10.1. The van der Waals surface area contributed by atoms with Crippen LogP contribution < -0.4 is 5.32 Å². The first-order valence-corrected chi connectivity index (χ1v) is 9.13. The van der Waals surface area contributed by atoms with Crippen LogP contribution in [0.3, 0.4) is 0 Å². The van der Waals surface area contributed by atoms with Crippen LogP contribution in [-0.4, -0.2) is 61.7 Å². The predicted molar refractivity (Wildman–Crippen MR) is 103 cm³/mol. The molecule has 4 nitrogen and oxygen atoms in total. The van der Waals surface area contributed by atoms with E-state index in [2.05, 4.69) is 5.32 Å². The zero-order chi connectivity index (χ0) is 19.0. The Morgan fingerprint density at radius 3 is 2.41 bits per heavy atom. The van der Waals surface area contributed by atoms with Gasteiger partial charge >= 0.3 is 6.18 Å². The molecule has 1 amide bonds. The van der Waals surface area contributed by atoms with Crippen molar-refractivity contribution in [2.45, 2.75) is 32.0 Å². The first-order valence-electron chi connectivity index (χ1n) is 9.13. The quantitative estimate of drug-likeness (QED) is 0.718. The highest BCUT2D eigenvalue weighted by Gasteiger charge is 2.33. The Hall–Kier alpha value is -1.31. The normalized spacial score (nSPS) is 16.0. The lowest BCUT2D eigenvalue weighted by atomic mass is 9.93. The van der Waals surface area contributed by atoms with Crippen LogP contribution in [0.15, 0.2) is 30.3 Å². The van der Waals surface area contributed by atoms with Crippen LogP contribution in [0.25, 0.3) is 0 Å². The van der Waals surface area contributed by atoms with Gasteiger partial charge in [-0.15, -0.1) is 12.4 Å². The molecule has 1 aromatic rings. The van der Waals surface area contributed by atoms with Gasteiger partial charge in [0.05, 0.1) is 6.54 Å². The van der Waals surface area contributed by atoms with Gasteiger partial charge < -0.3 is 10.2 Å². The van der Waals surface area contributed by atoms with E-state index in [0.717, 1.165) is 43.8 Å². The SMILES string of the molecule is CNCCC1CCN(CC(=O)N(Cc2ccccc2)CC(F)(F)F)CC1.Cl. The van der Waals surface area contributed by atoms with E-state index >= 15 is 0 Å². The Morgan fingerprint density at radius 2 is 1.85 bits per heavy atom. The van der Waals surface area contributed by atoms with E-state index in [1.807, 2.05) is 11.9 Å². The third kappa shape index (κ3) is 8.95. The zero-order valence-corrected chi connectivity index (χ0v) is 16.5. The minimum Gasteiger partial charge on any atom is -0.328 e. The van der Waals surface area contributed by atoms with Gasteiger partial charge in [-0.25, -0.2) is 0 Å². The molecule has 27 heavy (non-hydrogen) atoms. The summed E-state index contributed by atoms with van der Waals surface area (Å²) in [4.78, 5) is 15.4. The Labute approximate surface area is 165 Å². The minimum atomic E-state index is -4.40. The van der Waals surface area contributed by atoms with E-state index in [0.29, 0.717) is 11.5 Å².